The molecule has 612 valence electrons. The Kier molecular flexibility index (Phi) is 55.3. The van der Waals surface area contributed by atoms with E-state index in [1.54, 1.807) is 7.11 Å². The second-order valence-electron chi connectivity index (χ2n) is 27.6. The van der Waals surface area contributed by atoms with E-state index in [0.29, 0.717) is 122 Å². The van der Waals surface area contributed by atoms with Crippen LogP contribution in [-0.4, -0.2) is 282 Å². The third-order valence-electron chi connectivity index (χ3n) is 17.1. The van der Waals surface area contributed by atoms with Crippen LogP contribution in [0.4, 0.5) is 0 Å². The monoisotopic (exact) mass is 1510 g/mol. The molecule has 2 aliphatic heterocycles. The number of carbonyl (C=O) groups excluding carboxylic acids is 9. The van der Waals surface area contributed by atoms with Gasteiger partial charge in [0.05, 0.1) is 19.3 Å². The summed E-state index contributed by atoms with van der Waals surface area (Å²) in [5.74, 6) is -2.84. The van der Waals surface area contributed by atoms with E-state index in [4.69, 9.17) is 33.5 Å². The Morgan fingerprint density at radius 2 is 0.800 bits per heavy atom. The number of rotatable bonds is 58. The standard InChI is InChI=1S/C67H123N9O25.C4H10/c1-43(80)72-55(58(88)48(83)31-36-77)65(95)97-38-22-8-12-28-52(85)69-33-19-15-25-46(63(93)71-35-18-7-11-27-51(84)68-32-17-5-6-21-37-96-4)76-64(94)47(75-54(87)30-14-10-24-40-99-67-57(74-45(3)82)62(92)60(90)50(42-79)101-67)26-16-20-34-70-53(86)29-13-9-23-39-98-66-56(73-44(2)81)61(91)59(89)49(41-78)100-66;1-4(2)3/h46-50,55-62,65-67,77-79,83,88-92,95H,5-42H2,1-4H3,(H,68,84)(H,69,85)(H,70,86)(H,71,93)(H,72,80)(H,73,81)(H,74,82)(H,75,87)(H,76,94);4H,1-3H3/t46?,47?,48-,49?,50?,55?,56?,57?,58-,59-,60-,61+,62+,65-,66+,67+;/m0./s1. The SMILES string of the molecule is CC(C)C.COCCCCCCNC(=O)CCCCCNC(=O)C(CCCCNC(=O)CCCCCO[C@H](O)C(NC(C)=O)[C@@H](O)[C@@H](O)CCO)NC(=O)C(CCCCNC(=O)CCCCCO[C@@H]1OC(CO)[C@H](O)[C@H](O)C1NC(C)=O)NC(=O)CCCCCO[C@@H]1OC(CO)[C@H](O)[C@H](O)C1NC(C)=O. The first kappa shape index (κ1) is 97.6. The highest BCUT2D eigenvalue weighted by molar-refractivity contribution is 5.92. The number of methoxy groups -OCH3 is 1. The van der Waals surface area contributed by atoms with Crippen molar-refractivity contribution < 1.29 is 123 Å². The summed E-state index contributed by atoms with van der Waals surface area (Å²) in [7, 11) is 1.66. The van der Waals surface area contributed by atoms with Crippen LogP contribution >= 0.6 is 0 Å². The van der Waals surface area contributed by atoms with Crippen LogP contribution in [0.1, 0.15) is 215 Å². The predicted octanol–water partition coefficient (Wildman–Crippen LogP) is -1.26. The molecule has 0 saturated carbocycles. The van der Waals surface area contributed by atoms with Gasteiger partial charge in [-0.25, -0.2) is 0 Å². The lowest BCUT2D eigenvalue weighted by molar-refractivity contribution is -0.270. The van der Waals surface area contributed by atoms with Gasteiger partial charge in [-0.2, -0.15) is 0 Å². The van der Waals surface area contributed by atoms with Gasteiger partial charge in [0.1, 0.15) is 72.9 Å². The molecule has 0 aliphatic carbocycles. The van der Waals surface area contributed by atoms with Gasteiger partial charge < -0.3 is 127 Å². The molecule has 0 aromatic carbocycles. The van der Waals surface area contributed by atoms with Crippen LogP contribution in [0.5, 0.6) is 0 Å². The summed E-state index contributed by atoms with van der Waals surface area (Å²) in [5.41, 5.74) is 0. The Morgan fingerprint density at radius 1 is 0.419 bits per heavy atom. The summed E-state index contributed by atoms with van der Waals surface area (Å²) in [5, 5.41) is 126. The summed E-state index contributed by atoms with van der Waals surface area (Å²) >= 11 is 0. The first-order chi connectivity index (χ1) is 50.1. The van der Waals surface area contributed by atoms with Crippen molar-refractivity contribution in [1.82, 2.24) is 47.9 Å². The average molecular weight is 1510 g/mol. The molecule has 19 N–H and O–H groups in total. The molecule has 9 amide bonds. The number of carbonyl (C=O) groups is 9. The van der Waals surface area contributed by atoms with Crippen LogP contribution < -0.4 is 47.9 Å². The molecule has 105 heavy (non-hydrogen) atoms. The molecule has 34 nitrogen and oxygen atoms in total. The molecule has 0 spiro atoms. The number of nitrogens with one attached hydrogen (secondary N) is 9. The minimum atomic E-state index is -1.67. The van der Waals surface area contributed by atoms with Crippen molar-refractivity contribution in [2.75, 3.05) is 79.5 Å². The van der Waals surface area contributed by atoms with Gasteiger partial charge in [0, 0.05) is 113 Å². The van der Waals surface area contributed by atoms with Gasteiger partial charge in [-0.3, -0.25) is 43.2 Å². The lowest BCUT2D eigenvalue weighted by atomic mass is 9.97. The van der Waals surface area contributed by atoms with E-state index >= 15 is 0 Å². The highest BCUT2D eigenvalue weighted by Gasteiger charge is 2.47. The number of amides is 9. The predicted molar refractivity (Wildman–Crippen MR) is 384 cm³/mol. The molecule has 2 rings (SSSR count). The van der Waals surface area contributed by atoms with E-state index in [0.717, 1.165) is 31.6 Å². The molecule has 2 aliphatic rings. The maximum atomic E-state index is 14.4. The molecule has 0 aromatic heterocycles. The van der Waals surface area contributed by atoms with Crippen molar-refractivity contribution in [2.24, 2.45) is 5.92 Å². The van der Waals surface area contributed by atoms with Gasteiger partial charge in [0.2, 0.25) is 53.2 Å². The lowest BCUT2D eigenvalue weighted by Gasteiger charge is -2.42. The van der Waals surface area contributed by atoms with Gasteiger partial charge in [-0.15, -0.1) is 0 Å². The Balaban J connectivity index is 0.0000134. The molecule has 7 unspecified atom stereocenters. The number of hydrogen-bond acceptors (Lipinski definition) is 25. The second-order valence-corrected chi connectivity index (χ2v) is 27.6. The first-order valence-electron chi connectivity index (χ1n) is 37.8. The Labute approximate surface area is 619 Å². The van der Waals surface area contributed by atoms with Crippen LogP contribution in [0.25, 0.3) is 0 Å². The molecule has 2 fully saturated rings. The van der Waals surface area contributed by atoms with Gasteiger partial charge in [0.25, 0.3) is 0 Å². The maximum absolute atomic E-state index is 14.4. The molecular weight excluding hydrogens is 1380 g/mol. The number of unbranched alkanes of at least 4 members (excludes halogenated alkanes) is 13. The Bertz CT molecular complexity index is 2390. The van der Waals surface area contributed by atoms with Crippen LogP contribution in [0.15, 0.2) is 0 Å². The number of aliphatic hydroxyl groups excluding tert-OH is 10. The Hall–Kier alpha value is -5.41. The minimum absolute atomic E-state index is 0.00726. The zero-order chi connectivity index (χ0) is 78.5. The third-order valence-corrected chi connectivity index (χ3v) is 17.1. The molecule has 2 saturated heterocycles. The molecule has 2 heterocycles. The molecule has 34 heteroatoms. The van der Waals surface area contributed by atoms with Crippen LogP contribution in [0.3, 0.4) is 0 Å². The zero-order valence-electron chi connectivity index (χ0n) is 63.3. The second kappa shape index (κ2) is 59.5. The number of ether oxygens (including phenoxy) is 6. The summed E-state index contributed by atoms with van der Waals surface area (Å²) in [6, 6.07) is -5.76. The van der Waals surface area contributed by atoms with Gasteiger partial charge in [-0.05, 0) is 115 Å². The van der Waals surface area contributed by atoms with E-state index in [9.17, 15) is 89.1 Å². The van der Waals surface area contributed by atoms with Gasteiger partial charge in [-0.1, -0.05) is 59.3 Å². The van der Waals surface area contributed by atoms with Crippen molar-refractivity contribution in [2.45, 2.75) is 313 Å². The van der Waals surface area contributed by atoms with Crippen molar-refractivity contribution in [1.29, 1.82) is 0 Å². The summed E-state index contributed by atoms with van der Waals surface area (Å²) < 4.78 is 33.3. The van der Waals surface area contributed by atoms with E-state index in [1.807, 2.05) is 0 Å². The summed E-state index contributed by atoms with van der Waals surface area (Å²) in [4.78, 5) is 115. The molecule has 0 radical (unpaired) electrons. The topological polar surface area (TPSA) is 520 Å². The normalized spacial score (nSPS) is 21.8. The van der Waals surface area contributed by atoms with E-state index in [1.165, 1.54) is 20.8 Å². The number of aliphatic hydroxyl groups is 10. The highest BCUT2D eigenvalue weighted by atomic mass is 16.7. The fraction of sp³-hybridized carbons (Fsp3) is 0.873. The minimum Gasteiger partial charge on any atom is -0.396 e. The van der Waals surface area contributed by atoms with Crippen LogP contribution in [0, 0.1) is 5.92 Å². The molecule has 0 bridgehead atoms. The fourth-order valence-corrected chi connectivity index (χ4v) is 11.3. The average Bonchev–Trinajstić information content (AvgIpc) is 0.815. The van der Waals surface area contributed by atoms with Gasteiger partial charge in [0.15, 0.2) is 18.9 Å². The van der Waals surface area contributed by atoms with E-state index in [-0.39, 0.29) is 95.7 Å². The number of hydrogen-bond donors (Lipinski definition) is 19. The van der Waals surface area contributed by atoms with Crippen LogP contribution in [-0.2, 0) is 71.6 Å². The fourth-order valence-electron chi connectivity index (χ4n) is 11.3. The van der Waals surface area contributed by atoms with Crippen molar-refractivity contribution in [3.8, 4) is 0 Å². The van der Waals surface area contributed by atoms with Crippen LogP contribution in [0.2, 0.25) is 0 Å². The van der Waals surface area contributed by atoms with Crippen molar-refractivity contribution >= 4 is 53.2 Å². The zero-order valence-corrected chi connectivity index (χ0v) is 63.3. The quantitative estimate of drug-likeness (QED) is 0.0249. The smallest absolute Gasteiger partial charge is 0.243 e. The highest BCUT2D eigenvalue weighted by Crippen LogP contribution is 2.25. The largest absolute Gasteiger partial charge is 0.396 e. The summed E-state index contributed by atoms with van der Waals surface area (Å²) in [6.07, 6.45) is -3.25. The van der Waals surface area contributed by atoms with Crippen molar-refractivity contribution in [3.05, 3.63) is 0 Å². The van der Waals surface area contributed by atoms with Crippen molar-refractivity contribution in [3.63, 3.8) is 0 Å². The maximum Gasteiger partial charge on any atom is 0.243 e. The lowest BCUT2D eigenvalue weighted by Crippen LogP contribution is -2.64. The van der Waals surface area contributed by atoms with E-state index in [2.05, 4.69) is 68.6 Å². The van der Waals surface area contributed by atoms with Gasteiger partial charge >= 0.3 is 0 Å². The van der Waals surface area contributed by atoms with E-state index < -0.39 is 153 Å². The molecule has 0 aromatic rings. The first-order valence-corrected chi connectivity index (χ1v) is 37.8. The Morgan fingerprint density at radius 3 is 1.22 bits per heavy atom. The molecular formula is C71H133N9O25. The molecule has 16 atom stereocenters. The summed E-state index contributed by atoms with van der Waals surface area (Å²) in [6.45, 7) is 10.7. The third kappa shape index (κ3) is 45.2.